The summed E-state index contributed by atoms with van der Waals surface area (Å²) in [5.41, 5.74) is 0.922. The third-order valence-corrected chi connectivity index (χ3v) is 5.92. The first-order valence-electron chi connectivity index (χ1n) is 7.59. The van der Waals surface area contributed by atoms with Gasteiger partial charge < -0.3 is 10.2 Å². The molecule has 0 spiro atoms. The zero-order valence-corrected chi connectivity index (χ0v) is 14.3. The highest BCUT2D eigenvalue weighted by Crippen LogP contribution is 2.25. The Morgan fingerprint density at radius 3 is 3.00 bits per heavy atom. The second kappa shape index (κ2) is 7.31. The summed E-state index contributed by atoms with van der Waals surface area (Å²) in [5, 5.41) is 5.20. The fourth-order valence-electron chi connectivity index (χ4n) is 3.10. The Morgan fingerprint density at radius 1 is 1.36 bits per heavy atom. The zero-order chi connectivity index (χ0) is 15.4. The second-order valence-electron chi connectivity index (χ2n) is 5.54. The normalized spacial score (nSPS) is 21.0. The highest BCUT2D eigenvalue weighted by atomic mass is 32.2. The number of para-hydroxylation sites is 1. The maximum absolute atomic E-state index is 12.4. The molecule has 116 valence electrons. The molecule has 2 heterocycles. The van der Waals surface area contributed by atoms with E-state index in [0.29, 0.717) is 12.6 Å². The van der Waals surface area contributed by atoms with Crippen molar-refractivity contribution in [2.75, 3.05) is 24.7 Å². The van der Waals surface area contributed by atoms with Crippen molar-refractivity contribution in [1.29, 1.82) is 0 Å². The summed E-state index contributed by atoms with van der Waals surface area (Å²) in [4.78, 5) is 16.3. The number of thiophene rings is 1. The number of amides is 1. The molecule has 1 fully saturated rings. The van der Waals surface area contributed by atoms with Gasteiger partial charge in [0.05, 0.1) is 17.1 Å². The predicted molar refractivity (Wildman–Crippen MR) is 93.8 cm³/mol. The van der Waals surface area contributed by atoms with Crippen LogP contribution in [0.15, 0.2) is 46.7 Å². The van der Waals surface area contributed by atoms with Crippen molar-refractivity contribution in [3.8, 4) is 0 Å². The van der Waals surface area contributed by atoms with Crippen LogP contribution in [0.5, 0.6) is 0 Å². The van der Waals surface area contributed by atoms with Crippen molar-refractivity contribution in [3.05, 3.63) is 46.7 Å². The maximum Gasteiger partial charge on any atom is 0.279 e. The summed E-state index contributed by atoms with van der Waals surface area (Å²) < 4.78 is 0. The van der Waals surface area contributed by atoms with E-state index < -0.39 is 0 Å². The summed E-state index contributed by atoms with van der Waals surface area (Å²) in [7, 11) is 0. The minimum atomic E-state index is 0.111. The number of nitrogens with one attached hydrogen (secondary N) is 2. The lowest BCUT2D eigenvalue weighted by Crippen LogP contribution is -3.11. The Morgan fingerprint density at radius 2 is 2.23 bits per heavy atom. The highest BCUT2D eigenvalue weighted by Gasteiger charge is 2.32. The molecule has 2 N–H and O–H groups in total. The van der Waals surface area contributed by atoms with Crippen molar-refractivity contribution in [2.45, 2.75) is 23.8 Å². The van der Waals surface area contributed by atoms with Crippen LogP contribution < -0.4 is 10.2 Å². The van der Waals surface area contributed by atoms with Crippen LogP contribution >= 0.6 is 23.1 Å². The van der Waals surface area contributed by atoms with Gasteiger partial charge in [-0.1, -0.05) is 18.2 Å². The Hall–Kier alpha value is -1.30. The smallest absolute Gasteiger partial charge is 0.279 e. The predicted octanol–water partition coefficient (Wildman–Crippen LogP) is 2.83. The summed E-state index contributed by atoms with van der Waals surface area (Å²) in [6, 6.07) is 12.8. The van der Waals surface area contributed by atoms with Crippen molar-refractivity contribution in [3.63, 3.8) is 0 Å². The Bertz CT molecular complexity index is 627. The number of thioether (sulfide) groups is 1. The molecule has 0 bridgehead atoms. The fraction of sp³-hybridized carbons (Fsp3) is 0.353. The average molecular weight is 334 g/mol. The molecule has 1 saturated heterocycles. The Kier molecular flexibility index (Phi) is 5.18. The second-order valence-corrected chi connectivity index (χ2v) is 7.37. The molecule has 1 amide bonds. The molecule has 1 unspecified atom stereocenters. The van der Waals surface area contributed by atoms with E-state index in [1.807, 2.05) is 30.5 Å². The number of hydrogen-bond donors (Lipinski definition) is 2. The van der Waals surface area contributed by atoms with E-state index in [2.05, 4.69) is 22.8 Å². The molecule has 0 aliphatic carbocycles. The molecule has 22 heavy (non-hydrogen) atoms. The van der Waals surface area contributed by atoms with Crippen molar-refractivity contribution in [1.82, 2.24) is 0 Å². The average Bonchev–Trinajstić information content (AvgIpc) is 3.18. The van der Waals surface area contributed by atoms with E-state index in [0.717, 1.165) is 17.1 Å². The molecule has 3 nitrogen and oxygen atoms in total. The molecule has 3 rings (SSSR count). The first-order chi connectivity index (χ1) is 10.8. The van der Waals surface area contributed by atoms with Gasteiger partial charge in [0.1, 0.15) is 6.04 Å². The van der Waals surface area contributed by atoms with Crippen LogP contribution in [0, 0.1) is 0 Å². The molecular weight excluding hydrogens is 312 g/mol. The van der Waals surface area contributed by atoms with Gasteiger partial charge >= 0.3 is 0 Å². The largest absolute Gasteiger partial charge is 0.320 e. The topological polar surface area (TPSA) is 33.5 Å². The molecule has 5 heteroatoms. The quantitative estimate of drug-likeness (QED) is 0.825. The lowest BCUT2D eigenvalue weighted by Gasteiger charge is -2.20. The van der Waals surface area contributed by atoms with Crippen LogP contribution in [-0.2, 0) is 4.79 Å². The first-order valence-corrected chi connectivity index (χ1v) is 9.69. The number of carbonyl (C=O) groups excluding carboxylic acids is 1. The number of quaternary nitrogens is 1. The van der Waals surface area contributed by atoms with E-state index in [-0.39, 0.29) is 5.91 Å². The molecule has 2 atom stereocenters. The fourth-order valence-corrected chi connectivity index (χ4v) is 4.58. The van der Waals surface area contributed by atoms with Crippen LogP contribution in [0.2, 0.25) is 0 Å². The first kappa shape index (κ1) is 15.6. The number of carbonyl (C=O) groups is 1. The summed E-state index contributed by atoms with van der Waals surface area (Å²) >= 11 is 3.46. The van der Waals surface area contributed by atoms with Gasteiger partial charge in [0.15, 0.2) is 6.54 Å². The van der Waals surface area contributed by atoms with E-state index in [1.54, 1.807) is 23.1 Å². The molecule has 2 aromatic rings. The molecule has 1 aliphatic rings. The van der Waals surface area contributed by atoms with E-state index in [9.17, 15) is 4.79 Å². The lowest BCUT2D eigenvalue weighted by atomic mass is 10.2. The standard InChI is InChI=1S/C17H20N2OS2/c1-21-15-8-3-2-6-13(15)18-17(20)12-19-10-4-7-14(19)16-9-5-11-22-16/h2-3,5-6,8-9,11,14H,4,7,10,12H2,1H3,(H,18,20)/p+1/t14-/m0/s1. The van der Waals surface area contributed by atoms with Crippen molar-refractivity contribution < 1.29 is 9.69 Å². The monoisotopic (exact) mass is 333 g/mol. The number of likely N-dealkylation sites (tertiary alicyclic amines) is 1. The lowest BCUT2D eigenvalue weighted by molar-refractivity contribution is -0.910. The van der Waals surface area contributed by atoms with E-state index >= 15 is 0 Å². The Labute approximate surface area is 139 Å². The van der Waals surface area contributed by atoms with Gasteiger partial charge in [-0.25, -0.2) is 0 Å². The van der Waals surface area contributed by atoms with Gasteiger partial charge in [0.2, 0.25) is 0 Å². The zero-order valence-electron chi connectivity index (χ0n) is 12.7. The molecular formula is C17H21N2OS2+. The van der Waals surface area contributed by atoms with Crippen molar-refractivity contribution >= 4 is 34.7 Å². The number of benzene rings is 1. The highest BCUT2D eigenvalue weighted by molar-refractivity contribution is 7.98. The summed E-state index contributed by atoms with van der Waals surface area (Å²) in [6.07, 6.45) is 4.42. The minimum absolute atomic E-state index is 0.111. The summed E-state index contributed by atoms with van der Waals surface area (Å²) in [5.74, 6) is 0.111. The molecule has 1 aromatic carbocycles. The van der Waals surface area contributed by atoms with Gasteiger partial charge in [-0.05, 0) is 29.8 Å². The van der Waals surface area contributed by atoms with Gasteiger partial charge in [-0.15, -0.1) is 23.1 Å². The van der Waals surface area contributed by atoms with Crippen LogP contribution in [-0.4, -0.2) is 25.3 Å². The Balaban J connectivity index is 1.64. The van der Waals surface area contributed by atoms with Gasteiger partial charge in [0, 0.05) is 17.7 Å². The van der Waals surface area contributed by atoms with Gasteiger partial charge in [-0.2, -0.15) is 0 Å². The number of rotatable bonds is 5. The van der Waals surface area contributed by atoms with Crippen LogP contribution in [0.3, 0.4) is 0 Å². The molecule has 0 saturated carbocycles. The summed E-state index contributed by atoms with van der Waals surface area (Å²) in [6.45, 7) is 1.63. The SMILES string of the molecule is CSc1ccccc1NC(=O)C[NH+]1CCC[C@H]1c1cccs1. The van der Waals surface area contributed by atoms with Crippen LogP contribution in [0.1, 0.15) is 23.8 Å². The van der Waals surface area contributed by atoms with Gasteiger partial charge in [-0.3, -0.25) is 4.79 Å². The third-order valence-electron chi connectivity index (χ3n) is 4.14. The molecule has 0 radical (unpaired) electrons. The molecule has 1 aliphatic heterocycles. The van der Waals surface area contributed by atoms with Crippen LogP contribution in [0.4, 0.5) is 5.69 Å². The molecule has 1 aromatic heterocycles. The minimum Gasteiger partial charge on any atom is -0.320 e. The maximum atomic E-state index is 12.4. The number of hydrogen-bond acceptors (Lipinski definition) is 3. The van der Waals surface area contributed by atoms with Crippen molar-refractivity contribution in [2.24, 2.45) is 0 Å². The van der Waals surface area contributed by atoms with E-state index in [1.165, 1.54) is 22.6 Å². The number of anilines is 1. The van der Waals surface area contributed by atoms with Crippen LogP contribution in [0.25, 0.3) is 0 Å². The third kappa shape index (κ3) is 3.54. The van der Waals surface area contributed by atoms with Gasteiger partial charge in [0.25, 0.3) is 5.91 Å². The van der Waals surface area contributed by atoms with E-state index in [4.69, 9.17) is 0 Å².